The summed E-state index contributed by atoms with van der Waals surface area (Å²) in [5.41, 5.74) is 2.10. The SMILES string of the molecule is Cc1ccc(/C=N\OCC(=O)NCc2ccco2)cc1. The molecule has 0 saturated heterocycles. The van der Waals surface area contributed by atoms with Crippen LogP contribution in [0.25, 0.3) is 0 Å². The van der Waals surface area contributed by atoms with Crippen molar-refractivity contribution >= 4 is 12.1 Å². The molecule has 5 nitrogen and oxygen atoms in total. The molecule has 0 unspecified atom stereocenters. The molecule has 0 fully saturated rings. The standard InChI is InChI=1S/C15H16N2O3/c1-12-4-6-13(7-5-12)9-17-20-11-15(18)16-10-14-3-2-8-19-14/h2-9H,10-11H2,1H3,(H,16,18)/b17-9-. The normalized spacial score (nSPS) is 10.7. The Morgan fingerprint density at radius 2 is 2.15 bits per heavy atom. The molecule has 0 atom stereocenters. The first-order valence-corrected chi connectivity index (χ1v) is 6.25. The van der Waals surface area contributed by atoms with Crippen molar-refractivity contribution in [3.63, 3.8) is 0 Å². The van der Waals surface area contributed by atoms with Gasteiger partial charge in [-0.2, -0.15) is 0 Å². The lowest BCUT2D eigenvalue weighted by atomic mass is 10.2. The van der Waals surface area contributed by atoms with Crippen LogP contribution in [0.5, 0.6) is 0 Å². The van der Waals surface area contributed by atoms with Gasteiger partial charge in [0, 0.05) is 0 Å². The molecule has 20 heavy (non-hydrogen) atoms. The van der Waals surface area contributed by atoms with Gasteiger partial charge in [-0.1, -0.05) is 35.0 Å². The fourth-order valence-corrected chi connectivity index (χ4v) is 1.50. The smallest absolute Gasteiger partial charge is 0.261 e. The zero-order valence-electron chi connectivity index (χ0n) is 11.2. The van der Waals surface area contributed by atoms with Crippen molar-refractivity contribution < 1.29 is 14.0 Å². The second-order valence-corrected chi connectivity index (χ2v) is 4.27. The van der Waals surface area contributed by atoms with Gasteiger partial charge in [-0.3, -0.25) is 4.79 Å². The zero-order valence-corrected chi connectivity index (χ0v) is 11.2. The third-order valence-corrected chi connectivity index (χ3v) is 2.59. The molecule has 0 aliphatic rings. The summed E-state index contributed by atoms with van der Waals surface area (Å²) in [6.45, 7) is 2.24. The summed E-state index contributed by atoms with van der Waals surface area (Å²) in [7, 11) is 0. The molecule has 0 aliphatic carbocycles. The molecule has 0 aliphatic heterocycles. The highest BCUT2D eigenvalue weighted by molar-refractivity contribution is 5.79. The first-order valence-electron chi connectivity index (χ1n) is 6.25. The number of benzene rings is 1. The van der Waals surface area contributed by atoms with Crippen LogP contribution >= 0.6 is 0 Å². The predicted molar refractivity (Wildman–Crippen MR) is 75.3 cm³/mol. The number of hydrogen-bond acceptors (Lipinski definition) is 4. The molecule has 104 valence electrons. The van der Waals surface area contributed by atoms with Gasteiger partial charge in [-0.15, -0.1) is 0 Å². The molecule has 0 saturated carbocycles. The minimum absolute atomic E-state index is 0.122. The van der Waals surface area contributed by atoms with E-state index in [4.69, 9.17) is 9.25 Å². The molecule has 1 amide bonds. The predicted octanol–water partition coefficient (Wildman–Crippen LogP) is 2.25. The van der Waals surface area contributed by atoms with Gasteiger partial charge in [0.2, 0.25) is 0 Å². The Labute approximate surface area is 117 Å². The molecule has 1 heterocycles. The van der Waals surface area contributed by atoms with E-state index in [1.54, 1.807) is 24.6 Å². The Hall–Kier alpha value is -2.56. The molecule has 0 spiro atoms. The molecule has 1 aromatic carbocycles. The molecule has 2 aromatic rings. The Balaban J connectivity index is 1.67. The highest BCUT2D eigenvalue weighted by Crippen LogP contribution is 2.00. The van der Waals surface area contributed by atoms with Crippen LogP contribution in [-0.2, 0) is 16.2 Å². The maximum atomic E-state index is 11.4. The van der Waals surface area contributed by atoms with E-state index in [9.17, 15) is 4.79 Å². The lowest BCUT2D eigenvalue weighted by molar-refractivity contribution is -0.125. The summed E-state index contributed by atoms with van der Waals surface area (Å²) in [6, 6.07) is 11.4. The van der Waals surface area contributed by atoms with E-state index >= 15 is 0 Å². The average molecular weight is 272 g/mol. The third-order valence-electron chi connectivity index (χ3n) is 2.59. The van der Waals surface area contributed by atoms with E-state index in [1.807, 2.05) is 31.2 Å². The number of carbonyl (C=O) groups is 1. The van der Waals surface area contributed by atoms with Gasteiger partial charge in [-0.05, 0) is 24.6 Å². The van der Waals surface area contributed by atoms with E-state index in [0.29, 0.717) is 12.3 Å². The van der Waals surface area contributed by atoms with Crippen molar-refractivity contribution in [3.8, 4) is 0 Å². The Kier molecular flexibility index (Phi) is 4.94. The van der Waals surface area contributed by atoms with Gasteiger partial charge in [0.05, 0.1) is 19.0 Å². The zero-order chi connectivity index (χ0) is 14.2. The highest BCUT2D eigenvalue weighted by atomic mass is 16.6. The van der Waals surface area contributed by atoms with Crippen molar-refractivity contribution in [1.82, 2.24) is 5.32 Å². The number of rotatable bonds is 6. The van der Waals surface area contributed by atoms with Gasteiger partial charge in [0.15, 0.2) is 6.61 Å². The fourth-order valence-electron chi connectivity index (χ4n) is 1.50. The van der Waals surface area contributed by atoms with Crippen molar-refractivity contribution in [2.24, 2.45) is 5.16 Å². The number of furan rings is 1. The summed E-state index contributed by atoms with van der Waals surface area (Å²) in [5, 5.41) is 6.41. The second kappa shape index (κ2) is 7.13. The van der Waals surface area contributed by atoms with Crippen LogP contribution in [0, 0.1) is 6.92 Å². The summed E-state index contributed by atoms with van der Waals surface area (Å²) in [6.07, 6.45) is 3.13. The summed E-state index contributed by atoms with van der Waals surface area (Å²) in [4.78, 5) is 16.4. The van der Waals surface area contributed by atoms with Crippen LogP contribution in [-0.4, -0.2) is 18.7 Å². The largest absolute Gasteiger partial charge is 0.467 e. The Morgan fingerprint density at radius 3 is 2.85 bits per heavy atom. The van der Waals surface area contributed by atoms with Crippen molar-refractivity contribution in [1.29, 1.82) is 0 Å². The molecule has 1 aromatic heterocycles. The number of aryl methyl sites for hydroxylation is 1. The first-order chi connectivity index (χ1) is 9.74. The van der Waals surface area contributed by atoms with Crippen LogP contribution < -0.4 is 5.32 Å². The highest BCUT2D eigenvalue weighted by Gasteiger charge is 2.02. The third kappa shape index (κ3) is 4.61. The van der Waals surface area contributed by atoms with Gasteiger partial charge >= 0.3 is 0 Å². The number of nitrogens with one attached hydrogen (secondary N) is 1. The second-order valence-electron chi connectivity index (χ2n) is 4.27. The molecular weight excluding hydrogens is 256 g/mol. The van der Waals surface area contributed by atoms with Crippen LogP contribution in [0.15, 0.2) is 52.2 Å². The molecular formula is C15H16N2O3. The fraction of sp³-hybridized carbons (Fsp3) is 0.200. The van der Waals surface area contributed by atoms with Crippen molar-refractivity contribution in [2.75, 3.05) is 6.61 Å². The van der Waals surface area contributed by atoms with E-state index in [-0.39, 0.29) is 12.5 Å². The molecule has 5 heteroatoms. The summed E-state index contributed by atoms with van der Waals surface area (Å²) < 4.78 is 5.09. The van der Waals surface area contributed by atoms with E-state index in [2.05, 4.69) is 10.5 Å². The van der Waals surface area contributed by atoms with E-state index in [0.717, 1.165) is 5.56 Å². The summed E-state index contributed by atoms with van der Waals surface area (Å²) >= 11 is 0. The lowest BCUT2D eigenvalue weighted by Gasteiger charge is -2.01. The first kappa shape index (κ1) is 13.9. The van der Waals surface area contributed by atoms with Crippen molar-refractivity contribution in [2.45, 2.75) is 13.5 Å². The number of carbonyl (C=O) groups excluding carboxylic acids is 1. The Bertz CT molecular complexity index is 559. The average Bonchev–Trinajstić information content (AvgIpc) is 2.96. The number of amides is 1. The monoisotopic (exact) mass is 272 g/mol. The van der Waals surface area contributed by atoms with Crippen LogP contribution in [0.3, 0.4) is 0 Å². The maximum Gasteiger partial charge on any atom is 0.261 e. The minimum atomic E-state index is -0.248. The molecule has 0 bridgehead atoms. The van der Waals surface area contributed by atoms with Gasteiger partial charge < -0.3 is 14.6 Å². The van der Waals surface area contributed by atoms with E-state index < -0.39 is 0 Å². The molecule has 2 rings (SSSR count). The van der Waals surface area contributed by atoms with Gasteiger partial charge in [0.1, 0.15) is 5.76 Å². The van der Waals surface area contributed by atoms with Crippen LogP contribution in [0.4, 0.5) is 0 Å². The topological polar surface area (TPSA) is 63.8 Å². The quantitative estimate of drug-likeness (QED) is 0.648. The summed E-state index contributed by atoms with van der Waals surface area (Å²) in [5.74, 6) is 0.448. The lowest BCUT2D eigenvalue weighted by Crippen LogP contribution is -2.26. The van der Waals surface area contributed by atoms with Crippen LogP contribution in [0.2, 0.25) is 0 Å². The maximum absolute atomic E-state index is 11.4. The van der Waals surface area contributed by atoms with Crippen molar-refractivity contribution in [3.05, 3.63) is 59.5 Å². The van der Waals surface area contributed by atoms with E-state index in [1.165, 1.54) is 5.56 Å². The van der Waals surface area contributed by atoms with Crippen LogP contribution in [0.1, 0.15) is 16.9 Å². The molecule has 1 N–H and O–H groups in total. The minimum Gasteiger partial charge on any atom is -0.467 e. The number of oxime groups is 1. The number of hydrogen-bond donors (Lipinski definition) is 1. The van der Waals surface area contributed by atoms with Gasteiger partial charge in [0.25, 0.3) is 5.91 Å². The Morgan fingerprint density at radius 1 is 1.35 bits per heavy atom. The van der Waals surface area contributed by atoms with Gasteiger partial charge in [-0.25, -0.2) is 0 Å². The number of nitrogens with zero attached hydrogens (tertiary/aromatic N) is 1. The molecule has 0 radical (unpaired) electrons.